The SMILES string of the molecule is O=C1C(Nc2ccccc2)=C([n+]2ccccc2)C(=O)c2ccccc21.[I-]. The molecule has 0 atom stereocenters. The lowest BCUT2D eigenvalue weighted by molar-refractivity contribution is -0.577. The molecule has 0 radical (unpaired) electrons. The minimum Gasteiger partial charge on any atom is -1.00 e. The van der Waals surface area contributed by atoms with Crippen LogP contribution in [-0.2, 0) is 0 Å². The lowest BCUT2D eigenvalue weighted by Crippen LogP contribution is -3.00. The van der Waals surface area contributed by atoms with Crippen LogP contribution in [0.3, 0.4) is 0 Å². The standard InChI is InChI=1S/C21H14N2O2.HI/c24-20-16-11-5-6-12-17(16)21(25)19(23-13-7-2-8-14-23)18(20)22-15-9-3-1-4-10-15;/h1-14H;1H. The Balaban J connectivity index is 0.00000196. The molecule has 1 heterocycles. The van der Waals surface area contributed by atoms with Gasteiger partial charge in [0.1, 0.15) is 0 Å². The molecular weight excluding hydrogens is 439 g/mol. The van der Waals surface area contributed by atoms with Crippen molar-refractivity contribution in [2.45, 2.75) is 0 Å². The molecule has 0 saturated carbocycles. The molecule has 3 aromatic rings. The number of halogens is 1. The Hall–Kier alpha value is -2.80. The second kappa shape index (κ2) is 7.61. The largest absolute Gasteiger partial charge is 1.00 e. The third-order valence-electron chi connectivity index (χ3n) is 4.11. The monoisotopic (exact) mass is 454 g/mol. The number of Topliss-reactive ketones (excluding diaryl/α,β-unsaturated/α-hetero) is 2. The molecular formula is C21H15IN2O2. The highest BCUT2D eigenvalue weighted by molar-refractivity contribution is 6.36. The Morgan fingerprint density at radius 1 is 0.654 bits per heavy atom. The van der Waals surface area contributed by atoms with Gasteiger partial charge in [-0.15, -0.1) is 0 Å². The number of hydrogen-bond donors (Lipinski definition) is 1. The summed E-state index contributed by atoms with van der Waals surface area (Å²) < 4.78 is 1.68. The normalized spacial score (nSPS) is 13.1. The summed E-state index contributed by atoms with van der Waals surface area (Å²) in [5.74, 6) is -0.366. The third kappa shape index (κ3) is 3.17. The van der Waals surface area contributed by atoms with Crippen LogP contribution >= 0.6 is 0 Å². The van der Waals surface area contributed by atoms with Crippen molar-refractivity contribution in [2.75, 3.05) is 5.32 Å². The molecule has 26 heavy (non-hydrogen) atoms. The Kier molecular flexibility index (Phi) is 5.27. The number of hydrogen-bond acceptors (Lipinski definition) is 3. The number of pyridine rings is 1. The third-order valence-corrected chi connectivity index (χ3v) is 4.11. The maximum absolute atomic E-state index is 13.1. The fraction of sp³-hybridized carbons (Fsp3) is 0. The van der Waals surface area contributed by atoms with Crippen molar-refractivity contribution in [1.29, 1.82) is 0 Å². The number of rotatable bonds is 3. The Morgan fingerprint density at radius 3 is 1.85 bits per heavy atom. The predicted molar refractivity (Wildman–Crippen MR) is 95.0 cm³/mol. The summed E-state index contributed by atoms with van der Waals surface area (Å²) in [5, 5.41) is 3.14. The molecule has 0 fully saturated rings. The van der Waals surface area contributed by atoms with E-state index in [0.717, 1.165) is 5.69 Å². The van der Waals surface area contributed by atoms with E-state index >= 15 is 0 Å². The van der Waals surface area contributed by atoms with Crippen LogP contribution in [0.25, 0.3) is 5.70 Å². The number of benzene rings is 2. The van der Waals surface area contributed by atoms with Crippen LogP contribution < -0.4 is 33.9 Å². The van der Waals surface area contributed by atoms with Crippen molar-refractivity contribution >= 4 is 23.0 Å². The summed E-state index contributed by atoms with van der Waals surface area (Å²) in [5.41, 5.74) is 2.22. The van der Waals surface area contributed by atoms with Gasteiger partial charge in [0.25, 0.3) is 11.5 Å². The maximum atomic E-state index is 13.1. The zero-order chi connectivity index (χ0) is 17.2. The van der Waals surface area contributed by atoms with Gasteiger partial charge in [-0.3, -0.25) is 9.59 Å². The number of para-hydroxylation sites is 1. The van der Waals surface area contributed by atoms with Gasteiger partial charge in [-0.2, -0.15) is 4.57 Å². The van der Waals surface area contributed by atoms with Crippen molar-refractivity contribution in [3.8, 4) is 0 Å². The van der Waals surface area contributed by atoms with E-state index in [-0.39, 0.29) is 41.2 Å². The van der Waals surface area contributed by atoms with E-state index in [4.69, 9.17) is 0 Å². The molecule has 0 spiro atoms. The van der Waals surface area contributed by atoms with Crippen LogP contribution in [0.5, 0.6) is 0 Å². The number of fused-ring (bicyclic) bond motifs is 1. The van der Waals surface area contributed by atoms with Crippen LogP contribution in [0.2, 0.25) is 0 Å². The number of allylic oxidation sites excluding steroid dienone is 2. The number of anilines is 1. The van der Waals surface area contributed by atoms with Crippen molar-refractivity contribution in [3.05, 3.63) is 102 Å². The van der Waals surface area contributed by atoms with E-state index < -0.39 is 0 Å². The summed E-state index contributed by atoms with van der Waals surface area (Å²) in [7, 11) is 0. The number of ketones is 2. The lowest BCUT2D eigenvalue weighted by atomic mass is 9.90. The maximum Gasteiger partial charge on any atom is 0.286 e. The summed E-state index contributed by atoms with van der Waals surface area (Å²) in [6.07, 6.45) is 3.53. The number of carbonyl (C=O) groups is 2. The molecule has 0 unspecified atom stereocenters. The van der Waals surface area contributed by atoms with Gasteiger partial charge in [0.2, 0.25) is 5.78 Å². The van der Waals surface area contributed by atoms with E-state index in [9.17, 15) is 9.59 Å². The zero-order valence-electron chi connectivity index (χ0n) is 13.7. The van der Waals surface area contributed by atoms with E-state index in [1.807, 2.05) is 48.5 Å². The van der Waals surface area contributed by atoms with Crippen LogP contribution in [0, 0.1) is 0 Å². The molecule has 4 rings (SSSR count). The minimum atomic E-state index is -0.189. The number of carbonyl (C=O) groups excluding carboxylic acids is 2. The predicted octanol–water partition coefficient (Wildman–Crippen LogP) is 0.338. The highest BCUT2D eigenvalue weighted by Crippen LogP contribution is 2.27. The first-order valence-corrected chi connectivity index (χ1v) is 7.97. The molecule has 2 aromatic carbocycles. The average molecular weight is 454 g/mol. The van der Waals surface area contributed by atoms with Crippen LogP contribution in [0.1, 0.15) is 20.7 Å². The van der Waals surface area contributed by atoms with Crippen molar-refractivity contribution < 1.29 is 38.1 Å². The quantitative estimate of drug-likeness (QED) is 0.459. The first-order chi connectivity index (χ1) is 12.3. The van der Waals surface area contributed by atoms with Gasteiger partial charge in [-0.25, -0.2) is 0 Å². The van der Waals surface area contributed by atoms with Gasteiger partial charge in [-0.05, 0) is 12.1 Å². The van der Waals surface area contributed by atoms with E-state index in [1.165, 1.54) is 0 Å². The molecule has 0 bridgehead atoms. The lowest BCUT2D eigenvalue weighted by Gasteiger charge is -2.18. The zero-order valence-corrected chi connectivity index (χ0v) is 15.9. The summed E-state index contributed by atoms with van der Waals surface area (Å²) in [4.78, 5) is 26.2. The summed E-state index contributed by atoms with van der Waals surface area (Å²) >= 11 is 0. The van der Waals surface area contributed by atoms with Crippen molar-refractivity contribution in [3.63, 3.8) is 0 Å². The molecule has 1 aliphatic carbocycles. The smallest absolute Gasteiger partial charge is 0.286 e. The molecule has 1 aromatic heterocycles. The fourth-order valence-corrected chi connectivity index (χ4v) is 2.94. The van der Waals surface area contributed by atoms with Crippen molar-refractivity contribution in [2.24, 2.45) is 0 Å². The average Bonchev–Trinajstić information content (AvgIpc) is 2.68. The van der Waals surface area contributed by atoms with E-state index in [1.54, 1.807) is 41.2 Å². The Morgan fingerprint density at radius 2 is 1.19 bits per heavy atom. The van der Waals surface area contributed by atoms with E-state index in [0.29, 0.717) is 16.8 Å². The van der Waals surface area contributed by atoms with Crippen LogP contribution in [0.4, 0.5) is 5.69 Å². The fourth-order valence-electron chi connectivity index (χ4n) is 2.94. The van der Waals surface area contributed by atoms with Gasteiger partial charge in [0, 0.05) is 28.9 Å². The molecule has 0 aliphatic heterocycles. The highest BCUT2D eigenvalue weighted by Gasteiger charge is 2.38. The Bertz CT molecular complexity index is 999. The molecule has 4 nitrogen and oxygen atoms in total. The molecule has 1 aliphatic rings. The number of nitrogens with zero attached hydrogens (tertiary/aromatic N) is 1. The summed E-state index contributed by atoms with van der Waals surface area (Å²) in [6.45, 7) is 0. The minimum absolute atomic E-state index is 0. The van der Waals surface area contributed by atoms with Gasteiger partial charge in [-0.1, -0.05) is 48.5 Å². The van der Waals surface area contributed by atoms with Gasteiger partial charge >= 0.3 is 0 Å². The van der Waals surface area contributed by atoms with Gasteiger partial charge < -0.3 is 29.3 Å². The molecule has 5 heteroatoms. The Labute approximate surface area is 168 Å². The molecule has 0 saturated heterocycles. The summed E-state index contributed by atoms with van der Waals surface area (Å²) in [6, 6.07) is 21.8. The molecule has 0 amide bonds. The second-order valence-electron chi connectivity index (χ2n) is 5.70. The molecule has 1 N–H and O–H groups in total. The number of nitrogens with one attached hydrogen (secondary N) is 1. The van der Waals surface area contributed by atoms with Crippen LogP contribution in [0.15, 0.2) is 90.9 Å². The topological polar surface area (TPSA) is 50.1 Å². The van der Waals surface area contributed by atoms with Crippen LogP contribution in [-0.4, -0.2) is 11.6 Å². The van der Waals surface area contributed by atoms with E-state index in [2.05, 4.69) is 5.32 Å². The second-order valence-corrected chi connectivity index (χ2v) is 5.70. The van der Waals surface area contributed by atoms with Gasteiger partial charge in [0.05, 0.1) is 0 Å². The first kappa shape index (κ1) is 18.0. The van der Waals surface area contributed by atoms with Gasteiger partial charge in [0.15, 0.2) is 18.1 Å². The number of aromatic nitrogens is 1. The highest BCUT2D eigenvalue weighted by atomic mass is 127. The molecule has 128 valence electrons. The van der Waals surface area contributed by atoms with Crippen molar-refractivity contribution in [1.82, 2.24) is 0 Å². The first-order valence-electron chi connectivity index (χ1n) is 7.97.